The molecule has 0 saturated carbocycles. The Bertz CT molecular complexity index is 411. The number of nitrogens with one attached hydrogen (secondary N) is 1. The molecule has 1 atom stereocenters. The lowest BCUT2D eigenvalue weighted by atomic mass is 10.0. The molecule has 0 aromatic heterocycles. The molecule has 1 aromatic carbocycles. The van der Waals surface area contributed by atoms with E-state index in [1.807, 2.05) is 6.07 Å². The minimum atomic E-state index is -0.339. The van der Waals surface area contributed by atoms with Gasteiger partial charge in [-0.2, -0.15) is 0 Å². The monoisotopic (exact) mass is 235 g/mol. The lowest BCUT2D eigenvalue weighted by Gasteiger charge is -2.15. The summed E-state index contributed by atoms with van der Waals surface area (Å²) in [6.07, 6.45) is 2.28. The second-order valence-electron chi connectivity index (χ2n) is 4.10. The molecule has 1 heterocycles. The Kier molecular flexibility index (Phi) is 3.64. The summed E-state index contributed by atoms with van der Waals surface area (Å²) in [5.74, 6) is 0.404. The van der Waals surface area contributed by atoms with Crippen LogP contribution < -0.4 is 10.1 Å². The highest BCUT2D eigenvalue weighted by Crippen LogP contribution is 2.31. The van der Waals surface area contributed by atoms with Crippen LogP contribution in [0.4, 0.5) is 0 Å². The van der Waals surface area contributed by atoms with Crippen molar-refractivity contribution in [3.63, 3.8) is 0 Å². The van der Waals surface area contributed by atoms with Gasteiger partial charge in [0.15, 0.2) is 0 Å². The lowest BCUT2D eigenvalue weighted by Crippen LogP contribution is -2.14. The molecule has 0 radical (unpaired) electrons. The molecule has 0 aliphatic carbocycles. The van der Waals surface area contributed by atoms with Gasteiger partial charge in [0.2, 0.25) is 0 Å². The van der Waals surface area contributed by atoms with E-state index < -0.39 is 0 Å². The number of esters is 1. The van der Waals surface area contributed by atoms with E-state index in [-0.39, 0.29) is 5.97 Å². The van der Waals surface area contributed by atoms with Gasteiger partial charge in [-0.3, -0.25) is 0 Å². The van der Waals surface area contributed by atoms with E-state index in [2.05, 4.69) is 5.32 Å². The van der Waals surface area contributed by atoms with Gasteiger partial charge in [0.25, 0.3) is 0 Å². The Balaban J connectivity index is 2.30. The van der Waals surface area contributed by atoms with Crippen LogP contribution in [-0.4, -0.2) is 26.7 Å². The van der Waals surface area contributed by atoms with Crippen LogP contribution >= 0.6 is 0 Å². The van der Waals surface area contributed by atoms with Gasteiger partial charge >= 0.3 is 5.97 Å². The Morgan fingerprint density at radius 2 is 2.24 bits per heavy atom. The summed E-state index contributed by atoms with van der Waals surface area (Å²) in [5, 5.41) is 3.41. The minimum Gasteiger partial charge on any atom is -0.496 e. The third-order valence-electron chi connectivity index (χ3n) is 3.09. The summed E-state index contributed by atoms with van der Waals surface area (Å²) >= 11 is 0. The number of hydrogen-bond acceptors (Lipinski definition) is 4. The third kappa shape index (κ3) is 2.42. The Morgan fingerprint density at radius 1 is 1.41 bits per heavy atom. The number of ether oxygens (including phenoxy) is 2. The summed E-state index contributed by atoms with van der Waals surface area (Å²) in [4.78, 5) is 11.4. The van der Waals surface area contributed by atoms with E-state index in [4.69, 9.17) is 9.47 Å². The first-order valence-electron chi connectivity index (χ1n) is 5.76. The van der Waals surface area contributed by atoms with Crippen LogP contribution in [0, 0.1) is 0 Å². The normalized spacial score (nSPS) is 19.1. The van der Waals surface area contributed by atoms with Gasteiger partial charge in [0.1, 0.15) is 5.75 Å². The molecule has 1 fully saturated rings. The third-order valence-corrected chi connectivity index (χ3v) is 3.09. The first-order chi connectivity index (χ1) is 8.26. The molecule has 0 bridgehead atoms. The van der Waals surface area contributed by atoms with Gasteiger partial charge in [-0.1, -0.05) is 6.07 Å². The van der Waals surface area contributed by atoms with E-state index in [0.29, 0.717) is 11.6 Å². The maximum atomic E-state index is 11.4. The summed E-state index contributed by atoms with van der Waals surface area (Å²) in [6, 6.07) is 5.79. The molecular weight excluding hydrogens is 218 g/mol. The average Bonchev–Trinajstić information content (AvgIpc) is 2.90. The molecule has 1 aromatic rings. The fourth-order valence-electron chi connectivity index (χ4n) is 2.19. The van der Waals surface area contributed by atoms with E-state index in [1.54, 1.807) is 19.2 Å². The van der Waals surface area contributed by atoms with Crippen molar-refractivity contribution in [2.45, 2.75) is 18.9 Å². The maximum absolute atomic E-state index is 11.4. The van der Waals surface area contributed by atoms with Crippen molar-refractivity contribution >= 4 is 5.97 Å². The second kappa shape index (κ2) is 5.19. The van der Waals surface area contributed by atoms with E-state index in [1.165, 1.54) is 13.5 Å². The van der Waals surface area contributed by atoms with Gasteiger partial charge in [-0.15, -0.1) is 0 Å². The van der Waals surface area contributed by atoms with Crippen molar-refractivity contribution < 1.29 is 14.3 Å². The molecule has 0 spiro atoms. The Morgan fingerprint density at radius 3 is 2.82 bits per heavy atom. The molecule has 0 amide bonds. The summed E-state index contributed by atoms with van der Waals surface area (Å²) in [5.41, 5.74) is 1.63. The first-order valence-corrected chi connectivity index (χ1v) is 5.76. The largest absolute Gasteiger partial charge is 0.496 e. The molecule has 2 rings (SSSR count). The molecule has 4 heteroatoms. The number of rotatable bonds is 3. The minimum absolute atomic E-state index is 0.330. The van der Waals surface area contributed by atoms with Gasteiger partial charge in [-0.05, 0) is 31.5 Å². The SMILES string of the molecule is COC(=O)c1ccc([C@@H]2CCCN2)c(OC)c1. The lowest BCUT2D eigenvalue weighted by molar-refractivity contribution is 0.0600. The standard InChI is InChI=1S/C13H17NO3/c1-16-12-8-9(13(15)17-2)5-6-10(12)11-4-3-7-14-11/h5-6,8,11,14H,3-4,7H2,1-2H3/t11-/m0/s1. The molecule has 92 valence electrons. The number of benzene rings is 1. The van der Waals surface area contributed by atoms with Crippen LogP contribution in [0.25, 0.3) is 0 Å². The molecule has 0 unspecified atom stereocenters. The van der Waals surface area contributed by atoms with Crippen molar-refractivity contribution in [2.75, 3.05) is 20.8 Å². The van der Waals surface area contributed by atoms with Crippen LogP contribution in [0.2, 0.25) is 0 Å². The van der Waals surface area contributed by atoms with E-state index in [0.717, 1.165) is 24.3 Å². The van der Waals surface area contributed by atoms with Crippen molar-refractivity contribution in [3.05, 3.63) is 29.3 Å². The molecule has 1 aliphatic rings. The highest BCUT2D eigenvalue weighted by Gasteiger charge is 2.20. The van der Waals surface area contributed by atoms with Crippen LogP contribution in [0.15, 0.2) is 18.2 Å². The Labute approximate surface area is 101 Å². The molecule has 1 saturated heterocycles. The molecule has 4 nitrogen and oxygen atoms in total. The summed E-state index contributed by atoms with van der Waals surface area (Å²) in [6.45, 7) is 1.03. The van der Waals surface area contributed by atoms with Crippen LogP contribution in [0.5, 0.6) is 5.75 Å². The zero-order valence-electron chi connectivity index (χ0n) is 10.2. The fourth-order valence-corrected chi connectivity index (χ4v) is 2.19. The summed E-state index contributed by atoms with van der Waals surface area (Å²) < 4.78 is 10.0. The molecular formula is C13H17NO3. The van der Waals surface area contributed by atoms with Crippen LogP contribution in [0.3, 0.4) is 0 Å². The zero-order chi connectivity index (χ0) is 12.3. The number of carbonyl (C=O) groups is 1. The van der Waals surface area contributed by atoms with E-state index >= 15 is 0 Å². The molecule has 1 N–H and O–H groups in total. The summed E-state index contributed by atoms with van der Waals surface area (Å²) in [7, 11) is 3.00. The number of carbonyl (C=O) groups excluding carboxylic acids is 1. The van der Waals surface area contributed by atoms with Crippen molar-refractivity contribution in [2.24, 2.45) is 0 Å². The van der Waals surface area contributed by atoms with Crippen LogP contribution in [-0.2, 0) is 4.74 Å². The number of methoxy groups -OCH3 is 2. The highest BCUT2D eigenvalue weighted by molar-refractivity contribution is 5.89. The van der Waals surface area contributed by atoms with Crippen molar-refractivity contribution in [3.8, 4) is 5.75 Å². The van der Waals surface area contributed by atoms with E-state index in [9.17, 15) is 4.79 Å². The predicted molar refractivity (Wildman–Crippen MR) is 64.3 cm³/mol. The first kappa shape index (κ1) is 11.9. The smallest absolute Gasteiger partial charge is 0.337 e. The van der Waals surface area contributed by atoms with Crippen LogP contribution in [0.1, 0.15) is 34.8 Å². The van der Waals surface area contributed by atoms with Gasteiger partial charge in [-0.25, -0.2) is 4.79 Å². The number of hydrogen-bond donors (Lipinski definition) is 1. The molecule has 17 heavy (non-hydrogen) atoms. The van der Waals surface area contributed by atoms with Gasteiger partial charge in [0.05, 0.1) is 19.8 Å². The van der Waals surface area contributed by atoms with Crippen molar-refractivity contribution in [1.29, 1.82) is 0 Å². The van der Waals surface area contributed by atoms with Gasteiger partial charge < -0.3 is 14.8 Å². The Hall–Kier alpha value is -1.55. The predicted octanol–water partition coefficient (Wildman–Crippen LogP) is 1.91. The second-order valence-corrected chi connectivity index (χ2v) is 4.10. The molecule has 1 aliphatic heterocycles. The zero-order valence-corrected chi connectivity index (χ0v) is 10.2. The topological polar surface area (TPSA) is 47.6 Å². The van der Waals surface area contributed by atoms with Crippen molar-refractivity contribution in [1.82, 2.24) is 5.32 Å². The maximum Gasteiger partial charge on any atom is 0.337 e. The fraction of sp³-hybridized carbons (Fsp3) is 0.462. The average molecular weight is 235 g/mol. The van der Waals surface area contributed by atoms with Gasteiger partial charge in [0, 0.05) is 11.6 Å². The quantitative estimate of drug-likeness (QED) is 0.813. The highest BCUT2D eigenvalue weighted by atomic mass is 16.5.